The lowest BCUT2D eigenvalue weighted by Crippen LogP contribution is -2.10. The maximum absolute atomic E-state index is 11.7. The lowest BCUT2D eigenvalue weighted by molar-refractivity contribution is 0.0496. The van der Waals surface area contributed by atoms with Crippen molar-refractivity contribution in [3.05, 3.63) is 23.8 Å². The van der Waals surface area contributed by atoms with Gasteiger partial charge in [-0.3, -0.25) is 0 Å². The fourth-order valence-corrected chi connectivity index (χ4v) is 1.50. The lowest BCUT2D eigenvalue weighted by Gasteiger charge is -2.08. The minimum atomic E-state index is -0.383. The van der Waals surface area contributed by atoms with Crippen molar-refractivity contribution in [2.24, 2.45) is 5.92 Å². The van der Waals surface area contributed by atoms with E-state index in [2.05, 4.69) is 13.8 Å². The molecule has 17 heavy (non-hydrogen) atoms. The van der Waals surface area contributed by atoms with Gasteiger partial charge in [-0.15, -0.1) is 0 Å². The summed E-state index contributed by atoms with van der Waals surface area (Å²) < 4.78 is 5.14. The van der Waals surface area contributed by atoms with Crippen LogP contribution in [0.1, 0.15) is 37.0 Å². The molecule has 1 rings (SSSR count). The van der Waals surface area contributed by atoms with E-state index in [-0.39, 0.29) is 5.97 Å². The maximum Gasteiger partial charge on any atom is 0.340 e. The lowest BCUT2D eigenvalue weighted by atomic mass is 10.1. The number of rotatable bonds is 5. The molecule has 0 saturated carbocycles. The Balaban J connectivity index is 2.47. The minimum absolute atomic E-state index is 0.360. The van der Waals surface area contributed by atoms with Crippen LogP contribution in [0.5, 0.6) is 0 Å². The number of nitrogens with two attached hydrogens (primary N) is 2. The van der Waals surface area contributed by atoms with Gasteiger partial charge in [-0.25, -0.2) is 4.79 Å². The smallest absolute Gasteiger partial charge is 0.340 e. The molecule has 0 unspecified atom stereocenters. The molecule has 4 N–H and O–H groups in total. The summed E-state index contributed by atoms with van der Waals surface area (Å²) in [5, 5.41) is 0. The van der Waals surface area contributed by atoms with E-state index in [0.717, 1.165) is 12.8 Å². The Labute approximate surface area is 102 Å². The predicted octanol–water partition coefficient (Wildman–Crippen LogP) is 2.44. The molecule has 0 fully saturated rings. The molecular formula is C13H20N2O2. The zero-order chi connectivity index (χ0) is 12.8. The van der Waals surface area contributed by atoms with Crippen molar-refractivity contribution in [1.29, 1.82) is 0 Å². The number of benzene rings is 1. The van der Waals surface area contributed by atoms with Crippen molar-refractivity contribution < 1.29 is 9.53 Å². The molecule has 0 aliphatic carbocycles. The highest BCUT2D eigenvalue weighted by Crippen LogP contribution is 2.16. The summed E-state index contributed by atoms with van der Waals surface area (Å²) in [4.78, 5) is 11.7. The number of carbonyl (C=O) groups excluding carboxylic acids is 1. The van der Waals surface area contributed by atoms with Crippen molar-refractivity contribution in [3.63, 3.8) is 0 Å². The van der Waals surface area contributed by atoms with Gasteiger partial charge in [0.2, 0.25) is 0 Å². The quantitative estimate of drug-likeness (QED) is 0.467. The first kappa shape index (κ1) is 13.4. The van der Waals surface area contributed by atoms with Gasteiger partial charge in [-0.1, -0.05) is 13.8 Å². The van der Waals surface area contributed by atoms with Gasteiger partial charge in [0.15, 0.2) is 0 Å². The Kier molecular flexibility index (Phi) is 4.82. The molecule has 0 amide bonds. The number of nitrogen functional groups attached to an aromatic ring is 2. The first-order valence-corrected chi connectivity index (χ1v) is 5.83. The van der Waals surface area contributed by atoms with Crippen molar-refractivity contribution in [1.82, 2.24) is 0 Å². The van der Waals surface area contributed by atoms with Gasteiger partial charge in [0.05, 0.1) is 12.2 Å². The summed E-state index contributed by atoms with van der Waals surface area (Å²) in [5.41, 5.74) is 12.5. The summed E-state index contributed by atoms with van der Waals surface area (Å²) in [6.45, 7) is 4.71. The van der Waals surface area contributed by atoms with E-state index in [0.29, 0.717) is 29.5 Å². The van der Waals surface area contributed by atoms with Crippen LogP contribution in [0.4, 0.5) is 11.4 Å². The molecule has 0 atom stereocenters. The molecule has 1 aromatic rings. The average molecular weight is 236 g/mol. The highest BCUT2D eigenvalue weighted by Gasteiger charge is 2.10. The van der Waals surface area contributed by atoms with E-state index >= 15 is 0 Å². The van der Waals surface area contributed by atoms with E-state index in [1.54, 1.807) is 18.2 Å². The zero-order valence-corrected chi connectivity index (χ0v) is 10.4. The van der Waals surface area contributed by atoms with Gasteiger partial charge in [0.25, 0.3) is 0 Å². The fraction of sp³-hybridized carbons (Fsp3) is 0.462. The summed E-state index contributed by atoms with van der Waals surface area (Å²) in [6, 6.07) is 4.79. The molecule has 4 nitrogen and oxygen atoms in total. The van der Waals surface area contributed by atoms with Gasteiger partial charge in [-0.05, 0) is 37.0 Å². The Morgan fingerprint density at radius 1 is 1.35 bits per heavy atom. The van der Waals surface area contributed by atoms with E-state index in [1.165, 1.54) is 0 Å². The first-order valence-electron chi connectivity index (χ1n) is 5.83. The fourth-order valence-electron chi connectivity index (χ4n) is 1.50. The molecular weight excluding hydrogens is 216 g/mol. The Bertz CT molecular complexity index is 389. The normalized spacial score (nSPS) is 10.5. The Morgan fingerprint density at radius 3 is 2.65 bits per heavy atom. The second kappa shape index (κ2) is 6.13. The molecule has 0 aromatic heterocycles. The maximum atomic E-state index is 11.7. The monoisotopic (exact) mass is 236 g/mol. The van der Waals surface area contributed by atoms with Crippen LogP contribution in [0.2, 0.25) is 0 Å². The van der Waals surface area contributed by atoms with Crippen LogP contribution in [0.3, 0.4) is 0 Å². The second-order valence-electron chi connectivity index (χ2n) is 4.52. The summed E-state index contributed by atoms with van der Waals surface area (Å²) in [6.07, 6.45) is 1.92. The third kappa shape index (κ3) is 4.34. The molecule has 0 heterocycles. The average Bonchev–Trinajstić information content (AvgIpc) is 2.23. The molecule has 4 heteroatoms. The van der Waals surface area contributed by atoms with Crippen LogP contribution in [0, 0.1) is 5.92 Å². The van der Waals surface area contributed by atoms with Gasteiger partial charge >= 0.3 is 5.97 Å². The number of hydrogen-bond donors (Lipinski definition) is 2. The highest BCUT2D eigenvalue weighted by atomic mass is 16.5. The van der Waals surface area contributed by atoms with E-state index in [9.17, 15) is 4.79 Å². The van der Waals surface area contributed by atoms with Crippen LogP contribution in [-0.2, 0) is 4.74 Å². The molecule has 0 radical (unpaired) electrons. The number of esters is 1. The number of hydrogen-bond acceptors (Lipinski definition) is 4. The standard InChI is InChI=1S/C13H20N2O2/c1-9(2)4-3-7-17-13(16)11-6-5-10(14)8-12(11)15/h5-6,8-9H,3-4,7,14-15H2,1-2H3. The van der Waals surface area contributed by atoms with E-state index < -0.39 is 0 Å². The van der Waals surface area contributed by atoms with Crippen LogP contribution in [-0.4, -0.2) is 12.6 Å². The van der Waals surface area contributed by atoms with Crippen molar-refractivity contribution >= 4 is 17.3 Å². The van der Waals surface area contributed by atoms with E-state index in [1.807, 2.05) is 0 Å². The molecule has 0 aliphatic rings. The largest absolute Gasteiger partial charge is 0.462 e. The van der Waals surface area contributed by atoms with Crippen molar-refractivity contribution in [3.8, 4) is 0 Å². The number of carbonyl (C=O) groups is 1. The Morgan fingerprint density at radius 2 is 2.06 bits per heavy atom. The summed E-state index contributed by atoms with van der Waals surface area (Å²) >= 11 is 0. The molecule has 1 aromatic carbocycles. The van der Waals surface area contributed by atoms with Crippen molar-refractivity contribution in [2.45, 2.75) is 26.7 Å². The van der Waals surface area contributed by atoms with Crippen LogP contribution >= 0.6 is 0 Å². The topological polar surface area (TPSA) is 78.3 Å². The summed E-state index contributed by atoms with van der Waals surface area (Å²) in [5.74, 6) is 0.238. The van der Waals surface area contributed by atoms with Crippen LogP contribution in [0.25, 0.3) is 0 Å². The number of ether oxygens (including phenoxy) is 1. The zero-order valence-electron chi connectivity index (χ0n) is 10.4. The molecule has 94 valence electrons. The predicted molar refractivity (Wildman–Crippen MR) is 69.6 cm³/mol. The second-order valence-corrected chi connectivity index (χ2v) is 4.52. The van der Waals surface area contributed by atoms with Crippen LogP contribution in [0.15, 0.2) is 18.2 Å². The third-order valence-electron chi connectivity index (χ3n) is 2.45. The van der Waals surface area contributed by atoms with Gasteiger partial charge in [0.1, 0.15) is 0 Å². The number of anilines is 2. The molecule has 0 bridgehead atoms. The minimum Gasteiger partial charge on any atom is -0.462 e. The third-order valence-corrected chi connectivity index (χ3v) is 2.45. The molecule has 0 aliphatic heterocycles. The molecule has 0 spiro atoms. The molecule has 0 saturated heterocycles. The van der Waals surface area contributed by atoms with E-state index in [4.69, 9.17) is 16.2 Å². The van der Waals surface area contributed by atoms with Gasteiger partial charge < -0.3 is 16.2 Å². The summed E-state index contributed by atoms with van der Waals surface area (Å²) in [7, 11) is 0. The van der Waals surface area contributed by atoms with Crippen molar-refractivity contribution in [2.75, 3.05) is 18.1 Å². The van der Waals surface area contributed by atoms with Crippen LogP contribution < -0.4 is 11.5 Å². The highest BCUT2D eigenvalue weighted by molar-refractivity contribution is 5.95. The van der Waals surface area contributed by atoms with Gasteiger partial charge in [-0.2, -0.15) is 0 Å². The first-order chi connectivity index (χ1) is 8.00. The Hall–Kier alpha value is -1.71. The SMILES string of the molecule is CC(C)CCCOC(=O)c1ccc(N)cc1N. The van der Waals surface area contributed by atoms with Gasteiger partial charge in [0, 0.05) is 11.4 Å².